The highest BCUT2D eigenvalue weighted by atomic mass is 19.4. The molecule has 0 radical (unpaired) electrons. The summed E-state index contributed by atoms with van der Waals surface area (Å²) in [4.78, 5) is 27.2. The van der Waals surface area contributed by atoms with E-state index in [1.807, 2.05) is 4.90 Å². The van der Waals surface area contributed by atoms with Crippen molar-refractivity contribution >= 4 is 23.3 Å². The highest BCUT2D eigenvalue weighted by Gasteiger charge is 2.35. The summed E-state index contributed by atoms with van der Waals surface area (Å²) in [5.74, 6) is -0.242. The van der Waals surface area contributed by atoms with Crippen LogP contribution >= 0.6 is 0 Å². The van der Waals surface area contributed by atoms with E-state index in [1.54, 1.807) is 12.1 Å². The number of carbonyl (C=O) groups excluding carboxylic acids is 2. The van der Waals surface area contributed by atoms with Crippen molar-refractivity contribution < 1.29 is 27.5 Å². The molecule has 1 saturated heterocycles. The average Bonchev–Trinajstić information content (AvgIpc) is 3.46. The van der Waals surface area contributed by atoms with Crippen molar-refractivity contribution in [2.75, 3.05) is 30.4 Å². The molecule has 0 unspecified atom stereocenters. The van der Waals surface area contributed by atoms with Gasteiger partial charge in [-0.3, -0.25) is 4.79 Å². The van der Waals surface area contributed by atoms with Gasteiger partial charge in [0.15, 0.2) is 0 Å². The van der Waals surface area contributed by atoms with Crippen LogP contribution in [0.4, 0.5) is 29.3 Å². The summed E-state index contributed by atoms with van der Waals surface area (Å²) in [5.41, 5.74) is -0.135. The van der Waals surface area contributed by atoms with Gasteiger partial charge in [0, 0.05) is 42.0 Å². The van der Waals surface area contributed by atoms with E-state index in [4.69, 9.17) is 4.74 Å². The largest absolute Gasteiger partial charge is 0.416 e. The molecule has 1 aliphatic heterocycles. The second-order valence-corrected chi connectivity index (χ2v) is 8.16. The molecule has 170 valence electrons. The minimum absolute atomic E-state index is 0.0398. The van der Waals surface area contributed by atoms with Gasteiger partial charge in [0.1, 0.15) is 0 Å². The maximum absolute atomic E-state index is 12.9. The second-order valence-electron chi connectivity index (χ2n) is 8.16. The molecular weight excluding hydrogens is 423 g/mol. The third-order valence-corrected chi connectivity index (χ3v) is 5.55. The van der Waals surface area contributed by atoms with Crippen LogP contribution in [0.1, 0.15) is 35.2 Å². The lowest BCUT2D eigenvalue weighted by Gasteiger charge is -2.25. The number of halogens is 3. The van der Waals surface area contributed by atoms with Gasteiger partial charge in [-0.15, -0.1) is 0 Å². The molecule has 2 fully saturated rings. The van der Waals surface area contributed by atoms with E-state index in [-0.39, 0.29) is 23.3 Å². The second kappa shape index (κ2) is 9.20. The molecule has 9 heteroatoms. The number of ether oxygens (including phenoxy) is 1. The molecule has 1 atom stereocenters. The summed E-state index contributed by atoms with van der Waals surface area (Å²) in [6.07, 6.45) is -1.62. The van der Waals surface area contributed by atoms with Gasteiger partial charge in [-0.05, 0) is 55.7 Å². The molecule has 2 aliphatic rings. The maximum Gasteiger partial charge on any atom is 0.416 e. The standard InChI is InChI=1S/C23H24F3N3O3/c24-23(25,26)17-4-2-6-19(12-17)27-21(30)16-3-1-5-18(11-16)28-22(31)29(20-7-8-20)13-15-9-10-32-14-15/h1-6,11-12,15,20H,7-10,13-14H2,(H,27,30)(H,28,31)/t15-/m0/s1. The number of nitrogens with one attached hydrogen (secondary N) is 2. The zero-order valence-corrected chi connectivity index (χ0v) is 17.3. The van der Waals surface area contributed by atoms with Crippen molar-refractivity contribution in [3.05, 3.63) is 59.7 Å². The number of carbonyl (C=O) groups is 2. The van der Waals surface area contributed by atoms with Gasteiger partial charge in [-0.1, -0.05) is 12.1 Å². The van der Waals surface area contributed by atoms with Gasteiger partial charge in [0.05, 0.1) is 12.2 Å². The summed E-state index contributed by atoms with van der Waals surface area (Å²) >= 11 is 0. The number of alkyl halides is 3. The van der Waals surface area contributed by atoms with Crippen LogP contribution < -0.4 is 10.6 Å². The fourth-order valence-electron chi connectivity index (χ4n) is 3.70. The molecule has 6 nitrogen and oxygen atoms in total. The predicted molar refractivity (Wildman–Crippen MR) is 114 cm³/mol. The Morgan fingerprint density at radius 2 is 1.72 bits per heavy atom. The third kappa shape index (κ3) is 5.59. The monoisotopic (exact) mass is 447 g/mol. The summed E-state index contributed by atoms with van der Waals surface area (Å²) in [6.45, 7) is 2.00. The van der Waals surface area contributed by atoms with Crippen LogP contribution in [-0.4, -0.2) is 42.6 Å². The number of nitrogens with zero attached hydrogens (tertiary/aromatic N) is 1. The number of hydrogen-bond donors (Lipinski definition) is 2. The number of benzene rings is 2. The van der Waals surface area contributed by atoms with Crippen LogP contribution in [0.5, 0.6) is 0 Å². The molecule has 32 heavy (non-hydrogen) atoms. The number of anilines is 2. The van der Waals surface area contributed by atoms with Gasteiger partial charge in [-0.2, -0.15) is 13.2 Å². The van der Waals surface area contributed by atoms with Crippen molar-refractivity contribution in [1.29, 1.82) is 0 Å². The van der Waals surface area contributed by atoms with Crippen LogP contribution in [0.15, 0.2) is 48.5 Å². The molecule has 2 aromatic rings. The SMILES string of the molecule is O=C(Nc1cccc(C(F)(F)F)c1)c1cccc(NC(=O)N(C[C@@H]2CCOC2)C2CC2)c1. The van der Waals surface area contributed by atoms with Gasteiger partial charge in [0.2, 0.25) is 0 Å². The Morgan fingerprint density at radius 1 is 1.00 bits per heavy atom. The lowest BCUT2D eigenvalue weighted by molar-refractivity contribution is -0.137. The van der Waals surface area contributed by atoms with Gasteiger partial charge < -0.3 is 20.3 Å². The molecule has 3 amide bonds. The van der Waals surface area contributed by atoms with E-state index in [9.17, 15) is 22.8 Å². The first-order valence-electron chi connectivity index (χ1n) is 10.5. The first-order valence-corrected chi connectivity index (χ1v) is 10.5. The lowest BCUT2D eigenvalue weighted by atomic mass is 10.1. The smallest absolute Gasteiger partial charge is 0.381 e. The third-order valence-electron chi connectivity index (χ3n) is 5.55. The summed E-state index contributed by atoms with van der Waals surface area (Å²) in [6, 6.07) is 10.8. The predicted octanol–water partition coefficient (Wildman–Crippen LogP) is 4.99. The van der Waals surface area contributed by atoms with E-state index in [1.165, 1.54) is 24.3 Å². The Hall–Kier alpha value is -3.07. The molecule has 0 spiro atoms. The molecule has 4 rings (SSSR count). The molecule has 1 aliphatic carbocycles. The summed E-state index contributed by atoms with van der Waals surface area (Å²) in [7, 11) is 0. The Bertz CT molecular complexity index is 986. The van der Waals surface area contributed by atoms with E-state index < -0.39 is 17.6 Å². The fraction of sp³-hybridized carbons (Fsp3) is 0.391. The number of hydrogen-bond acceptors (Lipinski definition) is 3. The first-order chi connectivity index (χ1) is 15.3. The Balaban J connectivity index is 1.41. The quantitative estimate of drug-likeness (QED) is 0.656. The minimum atomic E-state index is -4.50. The van der Waals surface area contributed by atoms with Crippen molar-refractivity contribution in [3.63, 3.8) is 0 Å². The highest BCUT2D eigenvalue weighted by molar-refractivity contribution is 6.05. The molecule has 1 saturated carbocycles. The van der Waals surface area contributed by atoms with Gasteiger partial charge in [-0.25, -0.2) is 4.79 Å². The van der Waals surface area contributed by atoms with Gasteiger partial charge >= 0.3 is 12.2 Å². The van der Waals surface area contributed by atoms with Crippen molar-refractivity contribution in [3.8, 4) is 0 Å². The summed E-state index contributed by atoms with van der Waals surface area (Å²) < 4.78 is 44.1. The molecule has 0 bridgehead atoms. The number of rotatable bonds is 6. The van der Waals surface area contributed by atoms with Crippen LogP contribution in [0.2, 0.25) is 0 Å². The average molecular weight is 447 g/mol. The van der Waals surface area contributed by atoms with Crippen molar-refractivity contribution in [1.82, 2.24) is 4.90 Å². The molecule has 2 N–H and O–H groups in total. The highest BCUT2D eigenvalue weighted by Crippen LogP contribution is 2.31. The zero-order valence-electron chi connectivity index (χ0n) is 17.3. The van der Waals surface area contributed by atoms with Gasteiger partial charge in [0.25, 0.3) is 5.91 Å². The minimum Gasteiger partial charge on any atom is -0.381 e. The van der Waals surface area contributed by atoms with Crippen LogP contribution in [0, 0.1) is 5.92 Å². The Kier molecular flexibility index (Phi) is 6.36. The van der Waals surface area contributed by atoms with Crippen molar-refractivity contribution in [2.45, 2.75) is 31.5 Å². The lowest BCUT2D eigenvalue weighted by Crippen LogP contribution is -2.40. The molecule has 0 aromatic heterocycles. The molecular formula is C23H24F3N3O3. The zero-order chi connectivity index (χ0) is 22.7. The van der Waals surface area contributed by atoms with Crippen molar-refractivity contribution in [2.24, 2.45) is 5.92 Å². The number of urea groups is 1. The molecule has 2 aromatic carbocycles. The Morgan fingerprint density at radius 3 is 2.38 bits per heavy atom. The van der Waals surface area contributed by atoms with Crippen LogP contribution in [-0.2, 0) is 10.9 Å². The normalized spacial score (nSPS) is 18.3. The topological polar surface area (TPSA) is 70.7 Å². The van der Waals surface area contributed by atoms with E-state index >= 15 is 0 Å². The fourth-order valence-corrected chi connectivity index (χ4v) is 3.70. The van der Waals surface area contributed by atoms with E-state index in [2.05, 4.69) is 10.6 Å². The van der Waals surface area contributed by atoms with Crippen LogP contribution in [0.3, 0.4) is 0 Å². The maximum atomic E-state index is 12.9. The van der Waals surface area contributed by atoms with E-state index in [0.717, 1.165) is 31.4 Å². The summed E-state index contributed by atoms with van der Waals surface area (Å²) in [5, 5.41) is 5.32. The number of amides is 3. The van der Waals surface area contributed by atoms with E-state index in [0.29, 0.717) is 31.4 Å². The first kappa shape index (κ1) is 22.1. The Labute approximate surface area is 183 Å². The van der Waals surface area contributed by atoms with Crippen LogP contribution in [0.25, 0.3) is 0 Å². The molecule has 1 heterocycles.